The van der Waals surface area contributed by atoms with E-state index in [9.17, 15) is 0 Å². The Morgan fingerprint density at radius 1 is 1.25 bits per heavy atom. The van der Waals surface area contributed by atoms with Gasteiger partial charge in [0.1, 0.15) is 0 Å². The molecule has 0 saturated carbocycles. The van der Waals surface area contributed by atoms with Gasteiger partial charge in [-0.25, -0.2) is 0 Å². The molecule has 0 N–H and O–H groups in total. The lowest BCUT2D eigenvalue weighted by molar-refractivity contribution is 0.488. The van der Waals surface area contributed by atoms with Gasteiger partial charge in [-0.15, -0.1) is 0 Å². The van der Waals surface area contributed by atoms with Gasteiger partial charge in [0, 0.05) is 19.0 Å². The van der Waals surface area contributed by atoms with Crippen LogP contribution in [0.2, 0.25) is 10.0 Å². The topological polar surface area (TPSA) is 27.0 Å². The Bertz CT molecular complexity index is 418. The molecule has 1 aromatic carbocycles. The second-order valence-corrected chi connectivity index (χ2v) is 4.75. The quantitative estimate of drug-likeness (QED) is 0.764. The molecule has 1 aliphatic rings. The molecule has 1 heterocycles. The number of anilines is 1. The number of hydrogen-bond acceptors (Lipinski definition) is 2. The highest BCUT2D eigenvalue weighted by Crippen LogP contribution is 2.34. The minimum Gasteiger partial charge on any atom is -0.370 e. The van der Waals surface area contributed by atoms with Crippen LogP contribution in [0.4, 0.5) is 5.69 Å². The van der Waals surface area contributed by atoms with Gasteiger partial charge >= 0.3 is 0 Å². The van der Waals surface area contributed by atoms with E-state index in [1.54, 1.807) is 6.07 Å². The summed E-state index contributed by atoms with van der Waals surface area (Å²) < 4.78 is 0. The van der Waals surface area contributed by atoms with Crippen molar-refractivity contribution >= 4 is 28.9 Å². The lowest BCUT2D eigenvalue weighted by Crippen LogP contribution is -2.33. The minimum atomic E-state index is 0.189. The van der Waals surface area contributed by atoms with Crippen molar-refractivity contribution in [3.05, 3.63) is 28.2 Å². The fourth-order valence-corrected chi connectivity index (χ4v) is 2.40. The normalized spacial score (nSPS) is 17.2. The zero-order chi connectivity index (χ0) is 11.5. The van der Waals surface area contributed by atoms with Gasteiger partial charge in [-0.05, 0) is 25.0 Å². The summed E-state index contributed by atoms with van der Waals surface area (Å²) in [5.74, 6) is 0.189. The SMILES string of the molecule is N#CC1CCN(c2cccc(Cl)c2Cl)CC1. The maximum atomic E-state index is 8.83. The highest BCUT2D eigenvalue weighted by atomic mass is 35.5. The lowest BCUT2D eigenvalue weighted by Gasteiger charge is -2.31. The smallest absolute Gasteiger partial charge is 0.0825 e. The third-order valence-electron chi connectivity index (χ3n) is 2.95. The summed E-state index contributed by atoms with van der Waals surface area (Å²) in [5.41, 5.74) is 0.977. The molecule has 4 heteroatoms. The van der Waals surface area contributed by atoms with Crippen molar-refractivity contribution in [1.29, 1.82) is 5.26 Å². The summed E-state index contributed by atoms with van der Waals surface area (Å²) in [4.78, 5) is 2.20. The molecule has 1 aliphatic heterocycles. The van der Waals surface area contributed by atoms with Crippen LogP contribution in [0.5, 0.6) is 0 Å². The Morgan fingerprint density at radius 2 is 1.94 bits per heavy atom. The number of piperidine rings is 1. The average Bonchev–Trinajstić information content (AvgIpc) is 2.33. The number of hydrogen-bond donors (Lipinski definition) is 0. The Hall–Kier alpha value is -0.910. The standard InChI is InChI=1S/C12H12Cl2N2/c13-10-2-1-3-11(12(10)14)16-6-4-9(8-15)5-7-16/h1-3,9H,4-7H2. The fraction of sp³-hybridized carbons (Fsp3) is 0.417. The number of nitriles is 1. The summed E-state index contributed by atoms with van der Waals surface area (Å²) in [6, 6.07) is 7.98. The molecule has 0 aliphatic carbocycles. The van der Waals surface area contributed by atoms with Gasteiger partial charge in [-0.3, -0.25) is 0 Å². The predicted octanol–water partition coefficient (Wildman–Crippen LogP) is 3.73. The second kappa shape index (κ2) is 4.95. The van der Waals surface area contributed by atoms with Gasteiger partial charge in [0.15, 0.2) is 0 Å². The Balaban J connectivity index is 2.15. The van der Waals surface area contributed by atoms with Crippen molar-refractivity contribution in [2.24, 2.45) is 5.92 Å². The molecule has 0 radical (unpaired) electrons. The summed E-state index contributed by atoms with van der Waals surface area (Å²) in [5, 5.41) is 10.0. The molecule has 2 nitrogen and oxygen atoms in total. The van der Waals surface area contributed by atoms with Gasteiger partial charge in [0.2, 0.25) is 0 Å². The zero-order valence-electron chi connectivity index (χ0n) is 8.79. The van der Waals surface area contributed by atoms with Crippen molar-refractivity contribution in [2.45, 2.75) is 12.8 Å². The van der Waals surface area contributed by atoms with Crippen LogP contribution in [0.1, 0.15) is 12.8 Å². The lowest BCUT2D eigenvalue weighted by atomic mass is 9.98. The van der Waals surface area contributed by atoms with E-state index in [2.05, 4.69) is 11.0 Å². The maximum Gasteiger partial charge on any atom is 0.0825 e. The molecule has 1 saturated heterocycles. The van der Waals surface area contributed by atoms with Crippen LogP contribution in [0.3, 0.4) is 0 Å². The van der Waals surface area contributed by atoms with Crippen LogP contribution in [-0.2, 0) is 0 Å². The van der Waals surface area contributed by atoms with Crippen molar-refractivity contribution in [3.63, 3.8) is 0 Å². The summed E-state index contributed by atoms with van der Waals surface area (Å²) >= 11 is 12.1. The molecule has 16 heavy (non-hydrogen) atoms. The van der Waals surface area contributed by atoms with E-state index in [1.807, 2.05) is 12.1 Å². The molecule has 0 atom stereocenters. The van der Waals surface area contributed by atoms with Crippen LogP contribution >= 0.6 is 23.2 Å². The zero-order valence-corrected chi connectivity index (χ0v) is 10.3. The van der Waals surface area contributed by atoms with E-state index in [1.165, 1.54) is 0 Å². The van der Waals surface area contributed by atoms with E-state index >= 15 is 0 Å². The van der Waals surface area contributed by atoms with Gasteiger partial charge in [0.05, 0.1) is 21.8 Å². The molecule has 0 amide bonds. The minimum absolute atomic E-state index is 0.189. The molecule has 1 aromatic rings. The molecular formula is C12H12Cl2N2. The first kappa shape index (κ1) is 11.6. The van der Waals surface area contributed by atoms with Crippen LogP contribution < -0.4 is 4.90 Å². The van der Waals surface area contributed by atoms with Crippen LogP contribution in [0, 0.1) is 17.2 Å². The number of benzene rings is 1. The largest absolute Gasteiger partial charge is 0.370 e. The fourth-order valence-electron chi connectivity index (χ4n) is 1.99. The highest BCUT2D eigenvalue weighted by Gasteiger charge is 2.20. The molecule has 84 valence electrons. The van der Waals surface area contributed by atoms with Gasteiger partial charge in [0.25, 0.3) is 0 Å². The van der Waals surface area contributed by atoms with Gasteiger partial charge < -0.3 is 4.90 Å². The first-order valence-corrected chi connectivity index (χ1v) is 6.06. The van der Waals surface area contributed by atoms with Crippen molar-refractivity contribution < 1.29 is 0 Å². The maximum absolute atomic E-state index is 8.83. The molecule has 0 spiro atoms. The van der Waals surface area contributed by atoms with E-state index in [-0.39, 0.29) is 5.92 Å². The third kappa shape index (κ3) is 2.26. The van der Waals surface area contributed by atoms with Crippen molar-refractivity contribution in [3.8, 4) is 6.07 Å². The molecule has 0 aromatic heterocycles. The van der Waals surface area contributed by atoms with Crippen LogP contribution in [0.15, 0.2) is 18.2 Å². The number of nitrogens with zero attached hydrogens (tertiary/aromatic N) is 2. The Labute approximate surface area is 105 Å². The Kier molecular flexibility index (Phi) is 3.58. The predicted molar refractivity (Wildman–Crippen MR) is 67.0 cm³/mol. The monoisotopic (exact) mass is 254 g/mol. The molecule has 1 fully saturated rings. The third-order valence-corrected chi connectivity index (χ3v) is 3.76. The molecule has 0 bridgehead atoms. The molecular weight excluding hydrogens is 243 g/mol. The van der Waals surface area contributed by atoms with Crippen molar-refractivity contribution in [1.82, 2.24) is 0 Å². The van der Waals surface area contributed by atoms with Gasteiger partial charge in [-0.2, -0.15) is 5.26 Å². The van der Waals surface area contributed by atoms with E-state index in [0.29, 0.717) is 10.0 Å². The van der Waals surface area contributed by atoms with Crippen molar-refractivity contribution in [2.75, 3.05) is 18.0 Å². The first-order valence-electron chi connectivity index (χ1n) is 5.31. The summed E-state index contributed by atoms with van der Waals surface area (Å²) in [7, 11) is 0. The van der Waals surface area contributed by atoms with E-state index in [0.717, 1.165) is 31.6 Å². The van der Waals surface area contributed by atoms with E-state index in [4.69, 9.17) is 28.5 Å². The Morgan fingerprint density at radius 3 is 2.56 bits per heavy atom. The number of rotatable bonds is 1. The highest BCUT2D eigenvalue weighted by molar-refractivity contribution is 6.43. The first-order chi connectivity index (χ1) is 7.72. The number of halogens is 2. The average molecular weight is 255 g/mol. The molecule has 0 unspecified atom stereocenters. The second-order valence-electron chi connectivity index (χ2n) is 3.96. The van der Waals surface area contributed by atoms with Crippen LogP contribution in [-0.4, -0.2) is 13.1 Å². The summed E-state index contributed by atoms with van der Waals surface area (Å²) in [6.07, 6.45) is 1.80. The van der Waals surface area contributed by atoms with Crippen LogP contribution in [0.25, 0.3) is 0 Å². The molecule has 2 rings (SSSR count). The van der Waals surface area contributed by atoms with E-state index < -0.39 is 0 Å². The summed E-state index contributed by atoms with van der Waals surface area (Å²) in [6.45, 7) is 1.75. The van der Waals surface area contributed by atoms with Gasteiger partial charge in [-0.1, -0.05) is 29.3 Å².